The molecule has 0 radical (unpaired) electrons. The summed E-state index contributed by atoms with van der Waals surface area (Å²) in [6.07, 6.45) is -0.389. The van der Waals surface area contributed by atoms with Gasteiger partial charge in [0, 0.05) is 32.2 Å². The number of halogens is 1. The van der Waals surface area contributed by atoms with Crippen LogP contribution >= 0.6 is 11.6 Å². The second-order valence-corrected chi connectivity index (χ2v) is 9.82. The van der Waals surface area contributed by atoms with E-state index in [-0.39, 0.29) is 34.3 Å². The number of amides is 2. The molecule has 0 saturated carbocycles. The molecule has 11 heteroatoms. The number of carbonyl (C=O) groups excluding carboxylic acids is 2. The fourth-order valence-electron chi connectivity index (χ4n) is 3.46. The third-order valence-electron chi connectivity index (χ3n) is 5.35. The van der Waals surface area contributed by atoms with Crippen LogP contribution in [0, 0.1) is 0 Å². The van der Waals surface area contributed by atoms with E-state index in [1.54, 1.807) is 23.6 Å². The predicted octanol–water partition coefficient (Wildman–Crippen LogP) is 3.06. The molecule has 2 aromatic carbocycles. The smallest absolute Gasteiger partial charge is 0.409 e. The van der Waals surface area contributed by atoms with Crippen LogP contribution in [-0.4, -0.2) is 69.6 Å². The van der Waals surface area contributed by atoms with Gasteiger partial charge in [-0.15, -0.1) is 0 Å². The van der Waals surface area contributed by atoms with Crippen molar-refractivity contribution in [3.8, 4) is 5.75 Å². The number of ether oxygens (including phenoxy) is 2. The van der Waals surface area contributed by atoms with E-state index in [0.717, 1.165) is 5.56 Å². The van der Waals surface area contributed by atoms with Gasteiger partial charge in [0.05, 0.1) is 16.5 Å². The summed E-state index contributed by atoms with van der Waals surface area (Å²) in [6, 6.07) is 12.9. The molecule has 0 bridgehead atoms. The van der Waals surface area contributed by atoms with E-state index in [4.69, 9.17) is 21.1 Å². The average molecular weight is 510 g/mol. The van der Waals surface area contributed by atoms with Crippen molar-refractivity contribution in [2.45, 2.75) is 24.8 Å². The molecule has 1 fully saturated rings. The fourth-order valence-corrected chi connectivity index (χ4v) is 5.02. The second kappa shape index (κ2) is 11.5. The minimum Gasteiger partial charge on any atom is -0.482 e. The van der Waals surface area contributed by atoms with Gasteiger partial charge in [0.2, 0.25) is 10.0 Å². The van der Waals surface area contributed by atoms with Crippen LogP contribution in [0.3, 0.4) is 0 Å². The molecular weight excluding hydrogens is 482 g/mol. The van der Waals surface area contributed by atoms with Crippen molar-refractivity contribution in [1.82, 2.24) is 14.5 Å². The van der Waals surface area contributed by atoms with Crippen LogP contribution in [0.4, 0.5) is 4.79 Å². The van der Waals surface area contributed by atoms with Crippen molar-refractivity contribution in [2.24, 2.45) is 0 Å². The highest BCUT2D eigenvalue weighted by atomic mass is 35.5. The summed E-state index contributed by atoms with van der Waals surface area (Å²) in [6.45, 7) is 5.05. The number of nitrogens with zero attached hydrogens (tertiary/aromatic N) is 2. The lowest BCUT2D eigenvalue weighted by Gasteiger charge is -2.34. The first-order chi connectivity index (χ1) is 16.2. The van der Waals surface area contributed by atoms with Crippen molar-refractivity contribution < 1.29 is 27.5 Å². The van der Waals surface area contributed by atoms with Gasteiger partial charge >= 0.3 is 6.09 Å². The standard InChI is InChI=1S/C23H28ClN3O6S/c1-3-32-23(29)27-13-11-26(12-14-27)22(28)16-33-21-10-9-19(15-20(21)24)34(30,31)25-17(2)18-7-5-4-6-8-18/h4-10,15,17,25H,3,11-14,16H2,1-2H3. The second-order valence-electron chi connectivity index (χ2n) is 7.70. The van der Waals surface area contributed by atoms with Crippen LogP contribution in [0.25, 0.3) is 0 Å². The highest BCUT2D eigenvalue weighted by Crippen LogP contribution is 2.28. The summed E-state index contributed by atoms with van der Waals surface area (Å²) in [4.78, 5) is 27.4. The monoisotopic (exact) mass is 509 g/mol. The summed E-state index contributed by atoms with van der Waals surface area (Å²) >= 11 is 6.24. The van der Waals surface area contributed by atoms with E-state index in [9.17, 15) is 18.0 Å². The number of rotatable bonds is 8. The molecule has 1 aliphatic heterocycles. The van der Waals surface area contributed by atoms with Gasteiger partial charge in [-0.1, -0.05) is 41.9 Å². The van der Waals surface area contributed by atoms with Crippen molar-refractivity contribution in [2.75, 3.05) is 39.4 Å². The molecule has 1 N–H and O–H groups in total. The van der Waals surface area contributed by atoms with Crippen LogP contribution in [0.2, 0.25) is 5.02 Å². The Morgan fingerprint density at radius 3 is 2.32 bits per heavy atom. The molecule has 1 heterocycles. The average Bonchev–Trinajstić information content (AvgIpc) is 2.83. The molecule has 0 aromatic heterocycles. The zero-order valence-electron chi connectivity index (χ0n) is 19.1. The van der Waals surface area contributed by atoms with E-state index >= 15 is 0 Å². The number of carbonyl (C=O) groups is 2. The van der Waals surface area contributed by atoms with E-state index in [1.165, 1.54) is 18.2 Å². The zero-order valence-corrected chi connectivity index (χ0v) is 20.6. The van der Waals surface area contributed by atoms with Crippen molar-refractivity contribution in [3.05, 3.63) is 59.1 Å². The van der Waals surface area contributed by atoms with Crippen LogP contribution in [0.5, 0.6) is 5.75 Å². The first kappa shape index (κ1) is 25.8. The van der Waals surface area contributed by atoms with Crippen LogP contribution in [-0.2, 0) is 19.6 Å². The highest BCUT2D eigenvalue weighted by molar-refractivity contribution is 7.89. The Morgan fingerprint density at radius 2 is 1.71 bits per heavy atom. The summed E-state index contributed by atoms with van der Waals surface area (Å²) in [5.41, 5.74) is 0.832. The van der Waals surface area contributed by atoms with E-state index < -0.39 is 16.1 Å². The maximum absolute atomic E-state index is 12.8. The molecule has 9 nitrogen and oxygen atoms in total. The summed E-state index contributed by atoms with van der Waals surface area (Å²) in [7, 11) is -3.82. The first-order valence-electron chi connectivity index (χ1n) is 10.9. The van der Waals surface area contributed by atoms with Gasteiger partial charge in [-0.3, -0.25) is 4.79 Å². The third kappa shape index (κ3) is 6.62. The number of piperazine rings is 1. The predicted molar refractivity (Wildman–Crippen MR) is 127 cm³/mol. The van der Waals surface area contributed by atoms with Gasteiger partial charge < -0.3 is 19.3 Å². The molecule has 2 amide bonds. The molecule has 34 heavy (non-hydrogen) atoms. The van der Waals surface area contributed by atoms with Gasteiger partial charge in [0.25, 0.3) is 5.91 Å². The zero-order chi connectivity index (χ0) is 24.7. The van der Waals surface area contributed by atoms with E-state index in [0.29, 0.717) is 32.8 Å². The lowest BCUT2D eigenvalue weighted by Crippen LogP contribution is -2.51. The Hall–Kier alpha value is -2.82. The van der Waals surface area contributed by atoms with Gasteiger partial charge in [-0.25, -0.2) is 17.9 Å². The molecule has 0 spiro atoms. The van der Waals surface area contributed by atoms with Crippen LogP contribution in [0.1, 0.15) is 25.5 Å². The molecule has 184 valence electrons. The largest absolute Gasteiger partial charge is 0.482 e. The van der Waals surface area contributed by atoms with Gasteiger partial charge in [0.1, 0.15) is 5.75 Å². The number of hydrogen-bond donors (Lipinski definition) is 1. The Bertz CT molecular complexity index is 1100. The third-order valence-corrected chi connectivity index (χ3v) is 7.19. The Kier molecular flexibility index (Phi) is 8.76. The molecule has 2 aromatic rings. The molecule has 1 saturated heterocycles. The van der Waals surface area contributed by atoms with Gasteiger partial charge in [-0.05, 0) is 37.6 Å². The Labute approximate surface area is 204 Å². The Balaban J connectivity index is 1.55. The molecular formula is C23H28ClN3O6S. The minimum atomic E-state index is -3.82. The first-order valence-corrected chi connectivity index (χ1v) is 12.8. The highest BCUT2D eigenvalue weighted by Gasteiger charge is 2.25. The normalized spacial score (nSPS) is 15.0. The number of nitrogens with one attached hydrogen (secondary N) is 1. The van der Waals surface area contributed by atoms with Crippen molar-refractivity contribution in [1.29, 1.82) is 0 Å². The lowest BCUT2D eigenvalue weighted by atomic mass is 10.1. The quantitative estimate of drug-likeness (QED) is 0.586. The molecule has 1 unspecified atom stereocenters. The number of hydrogen-bond acceptors (Lipinski definition) is 6. The maximum Gasteiger partial charge on any atom is 0.409 e. The number of sulfonamides is 1. The summed E-state index contributed by atoms with van der Waals surface area (Å²) in [5, 5.41) is 0.0789. The topological polar surface area (TPSA) is 105 Å². The molecule has 3 rings (SSSR count). The fraction of sp³-hybridized carbons (Fsp3) is 0.391. The SMILES string of the molecule is CCOC(=O)N1CCN(C(=O)COc2ccc(S(=O)(=O)NC(C)c3ccccc3)cc2Cl)CC1. The molecule has 1 atom stereocenters. The molecule has 1 aliphatic rings. The van der Waals surface area contributed by atoms with Crippen molar-refractivity contribution in [3.63, 3.8) is 0 Å². The van der Waals surface area contributed by atoms with Gasteiger partial charge in [-0.2, -0.15) is 0 Å². The van der Waals surface area contributed by atoms with Crippen molar-refractivity contribution >= 4 is 33.6 Å². The maximum atomic E-state index is 12.8. The molecule has 0 aliphatic carbocycles. The minimum absolute atomic E-state index is 0.00551. The van der Waals surface area contributed by atoms with Crippen LogP contribution < -0.4 is 9.46 Å². The summed E-state index contributed by atoms with van der Waals surface area (Å²) < 4.78 is 38.7. The van der Waals surface area contributed by atoms with E-state index in [2.05, 4.69) is 4.72 Å². The van der Waals surface area contributed by atoms with E-state index in [1.807, 2.05) is 30.3 Å². The lowest BCUT2D eigenvalue weighted by molar-refractivity contribution is -0.134. The summed E-state index contributed by atoms with van der Waals surface area (Å²) in [5.74, 6) is -0.0511. The van der Waals surface area contributed by atoms with Gasteiger partial charge in [0.15, 0.2) is 6.61 Å². The Morgan fingerprint density at radius 1 is 1.06 bits per heavy atom. The number of benzene rings is 2. The van der Waals surface area contributed by atoms with Crippen LogP contribution in [0.15, 0.2) is 53.4 Å².